The molecule has 0 amide bonds. The third-order valence-electron chi connectivity index (χ3n) is 5.08. The van der Waals surface area contributed by atoms with E-state index >= 15 is 0 Å². The predicted octanol–water partition coefficient (Wildman–Crippen LogP) is 4.74. The van der Waals surface area contributed by atoms with E-state index in [1.54, 1.807) is 12.3 Å². The Morgan fingerprint density at radius 3 is 2.83 bits per heavy atom. The third-order valence-corrected chi connectivity index (χ3v) is 5.08. The number of alkyl halides is 3. The van der Waals surface area contributed by atoms with Gasteiger partial charge in [-0.2, -0.15) is 18.3 Å². The van der Waals surface area contributed by atoms with Crippen LogP contribution in [0.3, 0.4) is 0 Å². The van der Waals surface area contributed by atoms with Crippen LogP contribution in [0.25, 0.3) is 11.3 Å². The number of aromatic amines is 1. The van der Waals surface area contributed by atoms with Gasteiger partial charge in [-0.15, -0.1) is 0 Å². The maximum atomic E-state index is 13.5. The van der Waals surface area contributed by atoms with E-state index in [2.05, 4.69) is 22.0 Å². The number of halogens is 3. The first-order valence-electron chi connectivity index (χ1n) is 10.0. The van der Waals surface area contributed by atoms with Gasteiger partial charge >= 0.3 is 6.18 Å². The van der Waals surface area contributed by atoms with Gasteiger partial charge in [0.1, 0.15) is 5.75 Å². The zero-order valence-electron chi connectivity index (χ0n) is 16.9. The number of ether oxygens (including phenoxy) is 2. The lowest BCUT2D eigenvalue weighted by molar-refractivity contribution is -0.137. The maximum Gasteiger partial charge on any atom is 0.416 e. The van der Waals surface area contributed by atoms with Crippen molar-refractivity contribution in [3.05, 3.63) is 35.5 Å². The van der Waals surface area contributed by atoms with Gasteiger partial charge in [0.2, 0.25) is 0 Å². The van der Waals surface area contributed by atoms with E-state index in [-0.39, 0.29) is 11.7 Å². The van der Waals surface area contributed by atoms with Crippen LogP contribution in [0.1, 0.15) is 37.3 Å². The van der Waals surface area contributed by atoms with Gasteiger partial charge in [-0.05, 0) is 44.6 Å². The van der Waals surface area contributed by atoms with Crippen molar-refractivity contribution in [2.45, 2.75) is 38.9 Å². The highest BCUT2D eigenvalue weighted by Crippen LogP contribution is 2.36. The van der Waals surface area contributed by atoms with E-state index in [4.69, 9.17) is 9.47 Å². The third kappa shape index (κ3) is 5.96. The molecule has 1 aromatic heterocycles. The van der Waals surface area contributed by atoms with Crippen molar-refractivity contribution in [3.8, 4) is 17.0 Å². The van der Waals surface area contributed by atoms with E-state index in [9.17, 15) is 13.2 Å². The van der Waals surface area contributed by atoms with Crippen molar-refractivity contribution in [1.29, 1.82) is 0 Å². The number of nitrogens with zero attached hydrogens (tertiary/aromatic N) is 2. The Hall–Kier alpha value is -2.06. The van der Waals surface area contributed by atoms with E-state index in [0.29, 0.717) is 37.6 Å². The Kier molecular flexibility index (Phi) is 7.18. The molecule has 29 heavy (non-hydrogen) atoms. The van der Waals surface area contributed by atoms with Crippen LogP contribution in [0.4, 0.5) is 13.2 Å². The lowest BCUT2D eigenvalue weighted by atomic mass is 10.0. The van der Waals surface area contributed by atoms with Crippen LogP contribution < -0.4 is 4.74 Å². The smallest absolute Gasteiger partial charge is 0.416 e. The van der Waals surface area contributed by atoms with Crippen LogP contribution in [0, 0.1) is 5.92 Å². The maximum absolute atomic E-state index is 13.5. The average molecular weight is 411 g/mol. The minimum atomic E-state index is -4.46. The SMILES string of the molecule is CCCCN(C)Cc1cn[nH]c1-c1cc(OCC2CCOC2)cc(C(F)(F)F)c1. The molecule has 2 heterocycles. The molecule has 1 atom stereocenters. The molecule has 160 valence electrons. The summed E-state index contributed by atoms with van der Waals surface area (Å²) < 4.78 is 51.4. The summed E-state index contributed by atoms with van der Waals surface area (Å²) in [7, 11) is 2.00. The van der Waals surface area contributed by atoms with Gasteiger partial charge in [0, 0.05) is 30.2 Å². The second-order valence-electron chi connectivity index (χ2n) is 7.65. The Labute approximate surface area is 169 Å². The Morgan fingerprint density at radius 1 is 1.31 bits per heavy atom. The van der Waals surface area contributed by atoms with Gasteiger partial charge in [-0.25, -0.2) is 0 Å². The van der Waals surface area contributed by atoms with Crippen LogP contribution in [0.2, 0.25) is 0 Å². The van der Waals surface area contributed by atoms with Gasteiger partial charge < -0.3 is 14.4 Å². The fourth-order valence-corrected chi connectivity index (χ4v) is 3.40. The highest BCUT2D eigenvalue weighted by Gasteiger charge is 2.32. The monoisotopic (exact) mass is 411 g/mol. The van der Waals surface area contributed by atoms with Crippen molar-refractivity contribution >= 4 is 0 Å². The lowest BCUT2D eigenvalue weighted by Crippen LogP contribution is -2.19. The molecule has 5 nitrogen and oxygen atoms in total. The predicted molar refractivity (Wildman–Crippen MR) is 105 cm³/mol. The number of benzene rings is 1. The molecule has 0 spiro atoms. The number of unbranched alkanes of at least 4 members (excludes halogenated alkanes) is 1. The normalized spacial score (nSPS) is 17.2. The van der Waals surface area contributed by atoms with E-state index in [1.165, 1.54) is 0 Å². The van der Waals surface area contributed by atoms with Crippen LogP contribution in [0.15, 0.2) is 24.4 Å². The van der Waals surface area contributed by atoms with Crippen molar-refractivity contribution in [1.82, 2.24) is 15.1 Å². The van der Waals surface area contributed by atoms with Crippen molar-refractivity contribution in [2.24, 2.45) is 5.92 Å². The first-order valence-corrected chi connectivity index (χ1v) is 10.0. The zero-order chi connectivity index (χ0) is 20.9. The Morgan fingerprint density at radius 2 is 2.14 bits per heavy atom. The molecule has 0 radical (unpaired) electrons. The van der Waals surface area contributed by atoms with Gasteiger partial charge in [-0.3, -0.25) is 5.10 Å². The summed E-state index contributed by atoms with van der Waals surface area (Å²) in [5.41, 5.74) is 1.15. The van der Waals surface area contributed by atoms with Crippen LogP contribution in [-0.4, -0.2) is 48.5 Å². The largest absolute Gasteiger partial charge is 0.493 e. The molecule has 0 saturated carbocycles. The minimum Gasteiger partial charge on any atom is -0.493 e. The first-order chi connectivity index (χ1) is 13.9. The molecule has 1 aliphatic rings. The summed E-state index contributed by atoms with van der Waals surface area (Å²) in [4.78, 5) is 2.14. The summed E-state index contributed by atoms with van der Waals surface area (Å²) in [6, 6.07) is 3.85. The molecule has 1 N–H and O–H groups in total. The number of rotatable bonds is 9. The van der Waals surface area contributed by atoms with Crippen LogP contribution in [-0.2, 0) is 17.5 Å². The molecule has 0 bridgehead atoms. The second-order valence-corrected chi connectivity index (χ2v) is 7.65. The van der Waals surface area contributed by atoms with Crippen molar-refractivity contribution in [3.63, 3.8) is 0 Å². The number of hydrogen-bond donors (Lipinski definition) is 1. The van der Waals surface area contributed by atoms with Crippen molar-refractivity contribution in [2.75, 3.05) is 33.4 Å². The van der Waals surface area contributed by atoms with Crippen LogP contribution >= 0.6 is 0 Å². The summed E-state index contributed by atoms with van der Waals surface area (Å²) in [5.74, 6) is 0.421. The molecule has 1 aromatic carbocycles. The van der Waals surface area contributed by atoms with E-state index < -0.39 is 11.7 Å². The molecule has 1 aliphatic heterocycles. The van der Waals surface area contributed by atoms with Gasteiger partial charge in [0.25, 0.3) is 0 Å². The van der Waals surface area contributed by atoms with Gasteiger partial charge in [0.15, 0.2) is 0 Å². The van der Waals surface area contributed by atoms with Gasteiger partial charge in [-0.1, -0.05) is 13.3 Å². The Bertz CT molecular complexity index is 786. The molecule has 1 unspecified atom stereocenters. The number of aromatic nitrogens is 2. The minimum absolute atomic E-state index is 0.210. The number of H-pyrrole nitrogens is 1. The molecule has 0 aliphatic carbocycles. The molecular formula is C21H28F3N3O2. The van der Waals surface area contributed by atoms with E-state index in [0.717, 1.165) is 43.5 Å². The molecular weight excluding hydrogens is 383 g/mol. The highest BCUT2D eigenvalue weighted by molar-refractivity contribution is 5.66. The average Bonchev–Trinajstić information content (AvgIpc) is 3.35. The molecule has 8 heteroatoms. The molecule has 1 fully saturated rings. The standard InChI is InChI=1S/C21H28F3N3O2/c1-3-4-6-27(2)12-17-11-25-26-20(17)16-8-18(21(22,23)24)10-19(9-16)29-14-15-5-7-28-13-15/h8-11,15H,3-7,12-14H2,1-2H3,(H,25,26). The Balaban J connectivity index is 1.84. The molecule has 1 saturated heterocycles. The van der Waals surface area contributed by atoms with Crippen LogP contribution in [0.5, 0.6) is 5.75 Å². The summed E-state index contributed by atoms with van der Waals surface area (Å²) in [6.07, 6.45) is 0.233. The second kappa shape index (κ2) is 9.63. The van der Waals surface area contributed by atoms with E-state index in [1.807, 2.05) is 7.05 Å². The summed E-state index contributed by atoms with van der Waals surface area (Å²) in [5, 5.41) is 6.94. The highest BCUT2D eigenvalue weighted by atomic mass is 19.4. The molecule has 2 aromatic rings. The summed E-state index contributed by atoms with van der Waals surface area (Å²) >= 11 is 0. The number of hydrogen-bond acceptors (Lipinski definition) is 4. The first kappa shape index (κ1) is 21.6. The zero-order valence-corrected chi connectivity index (χ0v) is 16.9. The quantitative estimate of drug-likeness (QED) is 0.647. The fraction of sp³-hybridized carbons (Fsp3) is 0.571. The van der Waals surface area contributed by atoms with Crippen molar-refractivity contribution < 1.29 is 22.6 Å². The fourth-order valence-electron chi connectivity index (χ4n) is 3.40. The van der Waals surface area contributed by atoms with Gasteiger partial charge in [0.05, 0.1) is 30.7 Å². The lowest BCUT2D eigenvalue weighted by Gasteiger charge is -2.17. The summed E-state index contributed by atoms with van der Waals surface area (Å²) in [6.45, 7) is 5.25. The molecule has 3 rings (SSSR count). The topological polar surface area (TPSA) is 50.4 Å². The number of nitrogens with one attached hydrogen (secondary N) is 1.